The Morgan fingerprint density at radius 3 is 2.78 bits per heavy atom. The van der Waals surface area contributed by atoms with Crippen LogP contribution in [0.15, 0.2) is 18.2 Å². The summed E-state index contributed by atoms with van der Waals surface area (Å²) < 4.78 is 5.18. The van der Waals surface area contributed by atoms with Crippen molar-refractivity contribution < 1.29 is 9.53 Å². The number of halogens is 1. The van der Waals surface area contributed by atoms with Crippen LogP contribution in [-0.2, 0) is 11.3 Å². The van der Waals surface area contributed by atoms with E-state index in [2.05, 4.69) is 12.2 Å². The first kappa shape index (κ1) is 18.1. The Balaban J connectivity index is 1.87. The number of hydrogen-bond donors (Lipinski definition) is 1. The second kappa shape index (κ2) is 8.02. The quantitative estimate of drug-likeness (QED) is 0.895. The molecule has 2 atom stereocenters. The van der Waals surface area contributed by atoms with Gasteiger partial charge >= 0.3 is 0 Å². The number of methoxy groups -OCH3 is 1. The predicted molar refractivity (Wildman–Crippen MR) is 93.8 cm³/mol. The highest BCUT2D eigenvalue weighted by Gasteiger charge is 2.29. The number of nitrogens with zero attached hydrogens (tertiary/aromatic N) is 1. The zero-order valence-electron chi connectivity index (χ0n) is 14.4. The van der Waals surface area contributed by atoms with Crippen LogP contribution in [0.25, 0.3) is 0 Å². The molecule has 0 aliphatic carbocycles. The van der Waals surface area contributed by atoms with Gasteiger partial charge < -0.3 is 15.0 Å². The van der Waals surface area contributed by atoms with Crippen molar-refractivity contribution in [2.24, 2.45) is 11.8 Å². The summed E-state index contributed by atoms with van der Waals surface area (Å²) >= 11 is 6.17. The van der Waals surface area contributed by atoms with Gasteiger partial charge in [0.25, 0.3) is 0 Å². The first-order valence-corrected chi connectivity index (χ1v) is 8.64. The highest BCUT2D eigenvalue weighted by atomic mass is 35.5. The number of benzene rings is 1. The molecule has 4 nitrogen and oxygen atoms in total. The topological polar surface area (TPSA) is 41.6 Å². The van der Waals surface area contributed by atoms with Crippen LogP contribution < -0.4 is 10.1 Å². The molecule has 0 aromatic heterocycles. The maximum atomic E-state index is 12.1. The van der Waals surface area contributed by atoms with Crippen molar-refractivity contribution in [3.05, 3.63) is 28.8 Å². The first-order chi connectivity index (χ1) is 10.9. The Kier molecular flexibility index (Phi) is 6.31. The van der Waals surface area contributed by atoms with Gasteiger partial charge in [0.05, 0.1) is 12.1 Å². The van der Waals surface area contributed by atoms with Crippen molar-refractivity contribution in [3.8, 4) is 5.75 Å². The van der Waals surface area contributed by atoms with Gasteiger partial charge in [-0.2, -0.15) is 0 Å². The van der Waals surface area contributed by atoms with Crippen LogP contribution in [0.4, 0.5) is 0 Å². The predicted octanol–water partition coefficient (Wildman–Crippen LogP) is 3.33. The summed E-state index contributed by atoms with van der Waals surface area (Å²) in [4.78, 5) is 14.1. The van der Waals surface area contributed by atoms with Crippen LogP contribution in [0, 0.1) is 11.8 Å². The third-order valence-electron chi connectivity index (χ3n) is 4.50. The minimum Gasteiger partial charge on any atom is -0.495 e. The molecular weight excluding hydrogens is 312 g/mol. The van der Waals surface area contributed by atoms with E-state index in [1.54, 1.807) is 7.11 Å². The van der Waals surface area contributed by atoms with Crippen LogP contribution in [0.2, 0.25) is 5.02 Å². The second-order valence-electron chi connectivity index (χ2n) is 6.66. The van der Waals surface area contributed by atoms with Gasteiger partial charge in [0.15, 0.2) is 0 Å². The molecule has 1 aromatic rings. The van der Waals surface area contributed by atoms with Gasteiger partial charge in [-0.1, -0.05) is 38.4 Å². The van der Waals surface area contributed by atoms with Gasteiger partial charge in [-0.05, 0) is 30.0 Å². The molecule has 2 rings (SSSR count). The zero-order chi connectivity index (χ0) is 17.0. The Labute approximate surface area is 144 Å². The van der Waals surface area contributed by atoms with Crippen molar-refractivity contribution in [2.45, 2.75) is 39.8 Å². The normalized spacial score (nSPS) is 21.6. The van der Waals surface area contributed by atoms with Crippen LogP contribution in [0.3, 0.4) is 0 Å². The van der Waals surface area contributed by atoms with Gasteiger partial charge in [-0.3, -0.25) is 4.79 Å². The van der Waals surface area contributed by atoms with E-state index >= 15 is 0 Å². The monoisotopic (exact) mass is 338 g/mol. The molecule has 1 amide bonds. The largest absolute Gasteiger partial charge is 0.495 e. The summed E-state index contributed by atoms with van der Waals surface area (Å²) in [5.74, 6) is 1.48. The summed E-state index contributed by atoms with van der Waals surface area (Å²) in [7, 11) is 1.62. The lowest BCUT2D eigenvalue weighted by molar-refractivity contribution is -0.136. The van der Waals surface area contributed by atoms with Gasteiger partial charge in [0.1, 0.15) is 5.75 Å². The average molecular weight is 339 g/mol. The molecule has 1 heterocycles. The van der Waals surface area contributed by atoms with Crippen molar-refractivity contribution >= 4 is 17.5 Å². The number of likely N-dealkylation sites (tertiary alicyclic amines) is 1. The summed E-state index contributed by atoms with van der Waals surface area (Å²) in [6.45, 7) is 8.57. The number of rotatable bonds is 5. The fraction of sp³-hybridized carbons (Fsp3) is 0.611. The standard InChI is InChI=1S/C18H27ClN2O2/c1-12(2)18(22)21-8-7-16(13(3)11-21)20-10-14-5-6-17(23-4)15(19)9-14/h5-6,9,12-13,16,20H,7-8,10-11H2,1-4H3. The van der Waals surface area contributed by atoms with E-state index in [-0.39, 0.29) is 11.8 Å². The first-order valence-electron chi connectivity index (χ1n) is 8.27. The smallest absolute Gasteiger partial charge is 0.225 e. The Morgan fingerprint density at radius 1 is 1.48 bits per heavy atom. The molecule has 1 saturated heterocycles. The molecule has 1 aromatic carbocycles. The fourth-order valence-corrected chi connectivity index (χ4v) is 3.36. The lowest BCUT2D eigenvalue weighted by Gasteiger charge is -2.38. The third-order valence-corrected chi connectivity index (χ3v) is 4.79. The van der Waals surface area contributed by atoms with Crippen LogP contribution >= 0.6 is 11.6 Å². The molecule has 0 spiro atoms. The number of hydrogen-bond acceptors (Lipinski definition) is 3. The summed E-state index contributed by atoms with van der Waals surface area (Å²) in [5.41, 5.74) is 1.14. The number of ether oxygens (including phenoxy) is 1. The molecule has 0 radical (unpaired) electrons. The zero-order valence-corrected chi connectivity index (χ0v) is 15.2. The molecule has 23 heavy (non-hydrogen) atoms. The Bertz CT molecular complexity index is 548. The Morgan fingerprint density at radius 2 is 2.22 bits per heavy atom. The van der Waals surface area contributed by atoms with E-state index < -0.39 is 0 Å². The van der Waals surface area contributed by atoms with Gasteiger partial charge in [-0.25, -0.2) is 0 Å². The maximum Gasteiger partial charge on any atom is 0.225 e. The number of carbonyl (C=O) groups excluding carboxylic acids is 1. The van der Waals surface area contributed by atoms with Crippen LogP contribution in [0.5, 0.6) is 5.75 Å². The summed E-state index contributed by atoms with van der Waals surface area (Å²) in [6.07, 6.45) is 0.990. The molecule has 128 valence electrons. The molecular formula is C18H27ClN2O2. The maximum absolute atomic E-state index is 12.1. The minimum atomic E-state index is 0.0770. The van der Waals surface area contributed by atoms with Crippen LogP contribution in [-0.4, -0.2) is 37.0 Å². The van der Waals surface area contributed by atoms with Crippen molar-refractivity contribution in [2.75, 3.05) is 20.2 Å². The van der Waals surface area contributed by atoms with E-state index in [1.165, 1.54) is 0 Å². The van der Waals surface area contributed by atoms with E-state index in [0.717, 1.165) is 31.6 Å². The minimum absolute atomic E-state index is 0.0770. The molecule has 1 aliphatic heterocycles. The molecule has 1 N–H and O–H groups in total. The molecule has 0 bridgehead atoms. The lowest BCUT2D eigenvalue weighted by Crippen LogP contribution is -2.50. The third kappa shape index (κ3) is 4.61. The lowest BCUT2D eigenvalue weighted by atomic mass is 9.93. The van der Waals surface area contributed by atoms with Crippen LogP contribution in [0.1, 0.15) is 32.8 Å². The van der Waals surface area contributed by atoms with Gasteiger partial charge in [-0.15, -0.1) is 0 Å². The number of amides is 1. The summed E-state index contributed by atoms with van der Waals surface area (Å²) in [6, 6.07) is 6.29. The van der Waals surface area contributed by atoms with Crippen molar-refractivity contribution in [3.63, 3.8) is 0 Å². The SMILES string of the molecule is COc1ccc(CNC2CCN(C(=O)C(C)C)CC2C)cc1Cl. The molecule has 0 saturated carbocycles. The second-order valence-corrected chi connectivity index (χ2v) is 7.07. The molecule has 1 aliphatic rings. The van der Waals surface area contributed by atoms with E-state index in [9.17, 15) is 4.79 Å². The molecule has 2 unspecified atom stereocenters. The Hall–Kier alpha value is -1.26. The van der Waals surface area contributed by atoms with Gasteiger partial charge in [0, 0.05) is 31.6 Å². The van der Waals surface area contributed by atoms with E-state index in [4.69, 9.17) is 16.3 Å². The van der Waals surface area contributed by atoms with Crippen molar-refractivity contribution in [1.82, 2.24) is 10.2 Å². The van der Waals surface area contributed by atoms with Gasteiger partial charge in [0.2, 0.25) is 5.91 Å². The molecule has 5 heteroatoms. The number of nitrogens with one attached hydrogen (secondary N) is 1. The number of piperidine rings is 1. The van der Waals surface area contributed by atoms with E-state index in [0.29, 0.717) is 22.7 Å². The fourth-order valence-electron chi connectivity index (χ4n) is 3.08. The van der Waals surface area contributed by atoms with Crippen molar-refractivity contribution in [1.29, 1.82) is 0 Å². The highest BCUT2D eigenvalue weighted by molar-refractivity contribution is 6.32. The van der Waals surface area contributed by atoms with E-state index in [1.807, 2.05) is 36.9 Å². The number of carbonyl (C=O) groups is 1. The average Bonchev–Trinajstić information content (AvgIpc) is 2.53. The molecule has 1 fully saturated rings. The highest BCUT2D eigenvalue weighted by Crippen LogP contribution is 2.25. The summed E-state index contributed by atoms with van der Waals surface area (Å²) in [5, 5.41) is 4.24.